The van der Waals surface area contributed by atoms with Crippen molar-refractivity contribution in [2.45, 2.75) is 30.6 Å². The Bertz CT molecular complexity index is 135. The van der Waals surface area contributed by atoms with Crippen molar-refractivity contribution in [1.82, 2.24) is 0 Å². The Balaban J connectivity index is 3.76. The minimum absolute atomic E-state index is 0.696. The van der Waals surface area contributed by atoms with E-state index in [4.69, 9.17) is 3.07 Å². The molecule has 1 nitrogen and oxygen atoms in total. The Kier molecular flexibility index (Phi) is 9.56. The molecule has 5 heteroatoms. The van der Waals surface area contributed by atoms with Gasteiger partial charge in [0.25, 0.3) is 0 Å². The number of hydrogen-bond donors (Lipinski definition) is 0. The van der Waals surface area contributed by atoms with Crippen LogP contribution in [0.2, 0.25) is 3.93 Å². The fourth-order valence-corrected chi connectivity index (χ4v) is 10.6. The molecule has 1 unspecified atom stereocenters. The van der Waals surface area contributed by atoms with Gasteiger partial charge in [-0.1, -0.05) is 0 Å². The molecule has 0 aliphatic carbocycles. The summed E-state index contributed by atoms with van der Waals surface area (Å²) in [7, 11) is 0. The maximum absolute atomic E-state index is 5.91. The summed E-state index contributed by atoms with van der Waals surface area (Å²) >= 11 is 6.90. The summed E-state index contributed by atoms with van der Waals surface area (Å²) in [6.45, 7) is 5.38. The number of rotatable bonds is 7. The molecule has 0 fully saturated rings. The van der Waals surface area contributed by atoms with E-state index in [9.17, 15) is 0 Å². The van der Waals surface area contributed by atoms with Crippen LogP contribution in [0.25, 0.3) is 0 Å². The molecule has 0 heterocycles. The van der Waals surface area contributed by atoms with Crippen LogP contribution in [0.15, 0.2) is 0 Å². The van der Waals surface area contributed by atoms with E-state index in [1.54, 1.807) is 0 Å². The number of thioether (sulfide) groups is 1. The van der Waals surface area contributed by atoms with Crippen molar-refractivity contribution < 1.29 is 3.07 Å². The van der Waals surface area contributed by atoms with Gasteiger partial charge in [0.05, 0.1) is 0 Å². The molecule has 1 atom stereocenters. The predicted octanol–water partition coefficient (Wildman–Crippen LogP) is 4.28. The van der Waals surface area contributed by atoms with Gasteiger partial charge in [-0.2, -0.15) is 0 Å². The summed E-state index contributed by atoms with van der Waals surface area (Å²) in [5.74, 6) is 1.09. The Morgan fingerprint density at radius 2 is 2.08 bits per heavy atom. The number of hydrogen-bond acceptors (Lipinski definition) is 2. The van der Waals surface area contributed by atoms with Crippen LogP contribution >= 0.6 is 37.2 Å². The first-order valence-electron chi connectivity index (χ1n) is 4.55. The molecular formula is C8H18Br2OSSn. The predicted molar refractivity (Wildman–Crippen MR) is 72.3 cm³/mol. The van der Waals surface area contributed by atoms with Crippen LogP contribution < -0.4 is 0 Å². The van der Waals surface area contributed by atoms with Crippen LogP contribution in [-0.4, -0.2) is 33.0 Å². The van der Waals surface area contributed by atoms with Crippen LogP contribution in [0, 0.1) is 0 Å². The topological polar surface area (TPSA) is 9.23 Å². The molecule has 80 valence electrons. The second kappa shape index (κ2) is 8.25. The van der Waals surface area contributed by atoms with E-state index in [2.05, 4.69) is 45.5 Å². The second-order valence-corrected chi connectivity index (χ2v) is 33.9. The summed E-state index contributed by atoms with van der Waals surface area (Å²) in [4.78, 5) is 0. The van der Waals surface area contributed by atoms with Crippen LogP contribution in [0.3, 0.4) is 0 Å². The Morgan fingerprint density at radius 3 is 2.54 bits per heavy atom. The second-order valence-electron chi connectivity index (χ2n) is 3.09. The molecule has 0 bridgehead atoms. The molecule has 0 spiro atoms. The van der Waals surface area contributed by atoms with Gasteiger partial charge in [-0.25, -0.2) is 0 Å². The molecule has 0 aliphatic rings. The average molecular weight is 441 g/mol. The molecule has 0 aliphatic heterocycles. The van der Waals surface area contributed by atoms with Crippen molar-refractivity contribution in [3.63, 3.8) is 0 Å². The maximum atomic E-state index is 5.91. The van der Waals surface area contributed by atoms with E-state index < -0.39 is 14.3 Å². The molecule has 0 amide bonds. The van der Waals surface area contributed by atoms with Crippen molar-refractivity contribution in [2.24, 2.45) is 0 Å². The van der Waals surface area contributed by atoms with Gasteiger partial charge >= 0.3 is 104 Å². The molecule has 13 heavy (non-hydrogen) atoms. The fraction of sp³-hybridized carbons (Fsp3) is 1.00. The van der Waals surface area contributed by atoms with E-state index in [1.165, 1.54) is 12.8 Å². The fourth-order valence-electron chi connectivity index (χ4n) is 1.00. The van der Waals surface area contributed by atoms with Gasteiger partial charge in [-0.3, -0.25) is 0 Å². The summed E-state index contributed by atoms with van der Waals surface area (Å²) in [6, 6.07) is 0. The van der Waals surface area contributed by atoms with Crippen LogP contribution in [0.4, 0.5) is 0 Å². The Labute approximate surface area is 103 Å². The van der Waals surface area contributed by atoms with Crippen molar-refractivity contribution in [1.29, 1.82) is 0 Å². The molecule has 0 aromatic rings. The minimum atomic E-state index is -2.48. The zero-order valence-electron chi connectivity index (χ0n) is 8.48. The monoisotopic (exact) mass is 440 g/mol. The van der Waals surface area contributed by atoms with Gasteiger partial charge in [-0.15, -0.1) is 0 Å². The van der Waals surface area contributed by atoms with Gasteiger partial charge in [-0.05, 0) is 0 Å². The SMILES string of the molecule is CCC[CH](C)[Sn]([Br])([Br])[O]CCSC. The molecule has 0 aromatic heterocycles. The van der Waals surface area contributed by atoms with Crippen molar-refractivity contribution in [2.75, 3.05) is 18.6 Å². The van der Waals surface area contributed by atoms with Gasteiger partial charge in [0.15, 0.2) is 0 Å². The zero-order valence-corrected chi connectivity index (χ0v) is 15.3. The molecule has 0 saturated heterocycles. The summed E-state index contributed by atoms with van der Waals surface area (Å²) < 4.78 is 6.60. The number of halogens is 2. The molecule has 0 saturated carbocycles. The van der Waals surface area contributed by atoms with Crippen LogP contribution in [-0.2, 0) is 3.07 Å². The van der Waals surface area contributed by atoms with Gasteiger partial charge in [0.2, 0.25) is 0 Å². The molecular weight excluding hydrogens is 423 g/mol. The average Bonchev–Trinajstić information content (AvgIpc) is 2.05. The molecule has 0 radical (unpaired) electrons. The zero-order chi connectivity index (χ0) is 10.3. The Morgan fingerprint density at radius 1 is 1.46 bits per heavy atom. The molecule has 0 aromatic carbocycles. The first-order chi connectivity index (χ1) is 6.04. The van der Waals surface area contributed by atoms with Crippen molar-refractivity contribution >= 4 is 51.5 Å². The summed E-state index contributed by atoms with van der Waals surface area (Å²) in [5.41, 5.74) is 0. The quantitative estimate of drug-likeness (QED) is 0.431. The van der Waals surface area contributed by atoms with Crippen molar-refractivity contribution in [3.05, 3.63) is 0 Å². The third-order valence-electron chi connectivity index (χ3n) is 1.88. The van der Waals surface area contributed by atoms with E-state index in [-0.39, 0.29) is 0 Å². The van der Waals surface area contributed by atoms with Crippen molar-refractivity contribution in [3.8, 4) is 0 Å². The third kappa shape index (κ3) is 7.03. The molecule has 0 rings (SSSR count). The van der Waals surface area contributed by atoms with Crippen LogP contribution in [0.1, 0.15) is 26.7 Å². The normalized spacial score (nSPS) is 14.5. The third-order valence-corrected chi connectivity index (χ3v) is 21.8. The van der Waals surface area contributed by atoms with E-state index in [0.717, 1.165) is 12.4 Å². The standard InChI is InChI=1S/C5H11.C3H7OS.2BrH.Sn/c1-3-5-4-2;1-5-3-2-4;;;/h3H,4-5H2,1-2H3;2-3H2,1H3;2*1H;/q;-1;;;+3/p-2. The van der Waals surface area contributed by atoms with E-state index in [0.29, 0.717) is 3.93 Å². The van der Waals surface area contributed by atoms with Gasteiger partial charge < -0.3 is 0 Å². The first kappa shape index (κ1) is 15.1. The first-order valence-corrected chi connectivity index (χ1v) is 21.6. The van der Waals surface area contributed by atoms with Crippen LogP contribution in [0.5, 0.6) is 0 Å². The van der Waals surface area contributed by atoms with E-state index in [1.807, 2.05) is 11.8 Å². The summed E-state index contributed by atoms with van der Waals surface area (Å²) in [5, 5.41) is 0. The van der Waals surface area contributed by atoms with Gasteiger partial charge in [0.1, 0.15) is 0 Å². The molecule has 0 N–H and O–H groups in total. The Hall–Kier alpha value is 2.07. The summed E-state index contributed by atoms with van der Waals surface area (Å²) in [6.07, 6.45) is 4.60. The van der Waals surface area contributed by atoms with Gasteiger partial charge in [0, 0.05) is 0 Å². The van der Waals surface area contributed by atoms with E-state index >= 15 is 0 Å².